The Hall–Kier alpha value is -3.40. The lowest BCUT2D eigenvalue weighted by molar-refractivity contribution is 0.548. The smallest absolute Gasteiger partial charge is 0.134 e. The number of furan rings is 1. The van der Waals surface area contributed by atoms with Crippen molar-refractivity contribution in [1.29, 1.82) is 0 Å². The zero-order valence-electron chi connectivity index (χ0n) is 20.0. The Bertz CT molecular complexity index is 1240. The van der Waals surface area contributed by atoms with Crippen LogP contribution in [0.15, 0.2) is 95.4 Å². The lowest BCUT2D eigenvalue weighted by Crippen LogP contribution is -1.98. The van der Waals surface area contributed by atoms with E-state index in [0.717, 1.165) is 52.0 Å². The quantitative estimate of drug-likeness (QED) is 0.322. The molecule has 0 amide bonds. The number of nitrogens with zero attached hydrogens (tertiary/aromatic N) is 1. The summed E-state index contributed by atoms with van der Waals surface area (Å²) in [7, 11) is 0. The number of hydrogen-bond acceptors (Lipinski definition) is 3. The number of rotatable bonds is 2. The second-order valence-corrected chi connectivity index (χ2v) is 8.33. The van der Waals surface area contributed by atoms with Crippen molar-refractivity contribution in [2.24, 2.45) is 5.73 Å². The number of halogens is 1. The fraction of sp³-hybridized carbons (Fsp3) is 0.167. The van der Waals surface area contributed by atoms with Crippen molar-refractivity contribution in [2.45, 2.75) is 27.2 Å². The molecule has 0 saturated carbocycles. The van der Waals surface area contributed by atoms with Crippen molar-refractivity contribution >= 4 is 17.7 Å². The number of allylic oxidation sites excluding steroid dienone is 3. The van der Waals surface area contributed by atoms with Gasteiger partial charge in [0, 0.05) is 16.1 Å². The minimum absolute atomic E-state index is 0.722. The van der Waals surface area contributed by atoms with Gasteiger partial charge in [0.2, 0.25) is 0 Å². The van der Waals surface area contributed by atoms with Crippen LogP contribution in [0, 0.1) is 13.8 Å². The molecule has 0 spiro atoms. The van der Waals surface area contributed by atoms with E-state index < -0.39 is 0 Å². The summed E-state index contributed by atoms with van der Waals surface area (Å²) in [5.74, 6) is 1.79. The summed E-state index contributed by atoms with van der Waals surface area (Å²) in [6, 6.07) is 24.1. The average Bonchev–Trinajstić information content (AvgIpc) is 3.12. The van der Waals surface area contributed by atoms with Gasteiger partial charge in [-0.15, -0.1) is 0 Å². The summed E-state index contributed by atoms with van der Waals surface area (Å²) < 4.78 is 5.89. The van der Waals surface area contributed by atoms with Gasteiger partial charge in [0.1, 0.15) is 11.5 Å². The first-order chi connectivity index (χ1) is 16.5. The Labute approximate surface area is 207 Å². The molecule has 0 radical (unpaired) electrons. The zero-order valence-corrected chi connectivity index (χ0v) is 20.7. The lowest BCUT2D eigenvalue weighted by atomic mass is 9.98. The van der Waals surface area contributed by atoms with Gasteiger partial charge in [-0.25, -0.2) is 4.98 Å². The largest absolute Gasteiger partial charge is 0.461 e. The molecular weight excluding hydrogens is 440 g/mol. The van der Waals surface area contributed by atoms with Crippen LogP contribution in [0.5, 0.6) is 0 Å². The van der Waals surface area contributed by atoms with Gasteiger partial charge in [-0.1, -0.05) is 84.8 Å². The van der Waals surface area contributed by atoms with Crippen LogP contribution in [0.2, 0.25) is 5.02 Å². The SMILES string of the molecule is CCN.Cc1ccc(-c2cc(-c3ccc(Cl)cc3)nc3c2CC=CC=C3)o1.Cc1ccccc1. The predicted molar refractivity (Wildman–Crippen MR) is 145 cm³/mol. The Morgan fingerprint density at radius 1 is 0.941 bits per heavy atom. The monoisotopic (exact) mass is 470 g/mol. The molecule has 1 aliphatic carbocycles. The van der Waals surface area contributed by atoms with E-state index in [4.69, 9.17) is 26.7 Å². The number of hydrogen-bond donors (Lipinski definition) is 1. The van der Waals surface area contributed by atoms with Crippen LogP contribution in [0.4, 0.5) is 0 Å². The molecule has 34 heavy (non-hydrogen) atoms. The van der Waals surface area contributed by atoms with Crippen LogP contribution in [0.1, 0.15) is 29.5 Å². The molecular formula is C30H31ClN2O. The first kappa shape index (κ1) is 25.2. The molecule has 2 N–H and O–H groups in total. The number of nitrogens with two attached hydrogens (primary N) is 1. The molecule has 0 atom stereocenters. The molecule has 0 aliphatic heterocycles. The third-order valence-electron chi connectivity index (χ3n) is 5.07. The highest BCUT2D eigenvalue weighted by Gasteiger charge is 2.16. The lowest BCUT2D eigenvalue weighted by Gasteiger charge is -2.12. The first-order valence-electron chi connectivity index (χ1n) is 11.4. The highest BCUT2D eigenvalue weighted by atomic mass is 35.5. The summed E-state index contributed by atoms with van der Waals surface area (Å²) in [5.41, 5.74) is 11.4. The predicted octanol–water partition coefficient (Wildman–Crippen LogP) is 8.06. The highest BCUT2D eigenvalue weighted by Crippen LogP contribution is 2.33. The van der Waals surface area contributed by atoms with Crippen molar-refractivity contribution in [1.82, 2.24) is 4.98 Å². The Kier molecular flexibility index (Phi) is 9.45. The van der Waals surface area contributed by atoms with Crippen LogP contribution in [0.3, 0.4) is 0 Å². The van der Waals surface area contributed by atoms with E-state index >= 15 is 0 Å². The van der Waals surface area contributed by atoms with Crippen molar-refractivity contribution in [3.8, 4) is 22.6 Å². The average molecular weight is 471 g/mol. The third kappa shape index (κ3) is 7.05. The van der Waals surface area contributed by atoms with Gasteiger partial charge in [-0.05, 0) is 68.8 Å². The summed E-state index contributed by atoms with van der Waals surface area (Å²) in [4.78, 5) is 4.85. The fourth-order valence-electron chi connectivity index (χ4n) is 3.46. The van der Waals surface area contributed by atoms with E-state index in [0.29, 0.717) is 0 Å². The number of benzene rings is 2. The topological polar surface area (TPSA) is 52.0 Å². The second kappa shape index (κ2) is 12.7. The van der Waals surface area contributed by atoms with Crippen LogP contribution in [-0.2, 0) is 6.42 Å². The highest BCUT2D eigenvalue weighted by molar-refractivity contribution is 6.30. The molecule has 0 unspecified atom stereocenters. The summed E-state index contributed by atoms with van der Waals surface area (Å²) >= 11 is 6.01. The van der Waals surface area contributed by atoms with Gasteiger partial charge in [-0.2, -0.15) is 0 Å². The summed E-state index contributed by atoms with van der Waals surface area (Å²) in [5, 5.41) is 0.722. The molecule has 174 valence electrons. The minimum Gasteiger partial charge on any atom is -0.461 e. The van der Waals surface area contributed by atoms with Crippen molar-refractivity contribution in [3.63, 3.8) is 0 Å². The molecule has 4 aromatic rings. The fourth-order valence-corrected chi connectivity index (χ4v) is 3.58. The number of fused-ring (bicyclic) bond motifs is 1. The molecule has 0 saturated heterocycles. The van der Waals surface area contributed by atoms with Crippen LogP contribution >= 0.6 is 11.6 Å². The van der Waals surface area contributed by atoms with Crippen LogP contribution in [0.25, 0.3) is 28.7 Å². The Balaban J connectivity index is 0.000000272. The van der Waals surface area contributed by atoms with Crippen molar-refractivity contribution in [2.75, 3.05) is 6.54 Å². The standard InChI is InChI=1S/C21H16ClNO.C7H8.C2H7N/c1-14-7-12-21(24-14)18-13-20(15-8-10-16(22)11-9-15)23-19-6-4-2-3-5-17(18)19;1-7-5-3-2-4-6-7;1-2-3/h2-4,6-13H,5H2,1H3;2-6H,1H3;2-3H2,1H3. The number of aryl methyl sites for hydroxylation is 2. The molecule has 2 aromatic carbocycles. The number of pyridine rings is 1. The molecule has 2 heterocycles. The van der Waals surface area contributed by atoms with E-state index in [-0.39, 0.29) is 0 Å². The zero-order chi connectivity index (χ0) is 24.3. The van der Waals surface area contributed by atoms with E-state index in [9.17, 15) is 0 Å². The third-order valence-corrected chi connectivity index (χ3v) is 5.32. The summed E-state index contributed by atoms with van der Waals surface area (Å²) in [6.07, 6.45) is 9.12. The molecule has 0 fully saturated rings. The first-order valence-corrected chi connectivity index (χ1v) is 11.8. The molecule has 0 bridgehead atoms. The van der Waals surface area contributed by atoms with Crippen LogP contribution < -0.4 is 5.73 Å². The van der Waals surface area contributed by atoms with E-state index in [1.807, 2.05) is 74.5 Å². The van der Waals surface area contributed by atoms with Gasteiger partial charge >= 0.3 is 0 Å². The number of aromatic nitrogens is 1. The van der Waals surface area contributed by atoms with Crippen LogP contribution in [-0.4, -0.2) is 11.5 Å². The molecule has 2 aromatic heterocycles. The van der Waals surface area contributed by atoms with E-state index in [2.05, 4.69) is 43.4 Å². The summed E-state index contributed by atoms with van der Waals surface area (Å²) in [6.45, 7) is 6.70. The maximum absolute atomic E-state index is 6.01. The maximum atomic E-state index is 6.01. The normalized spacial score (nSPS) is 11.4. The van der Waals surface area contributed by atoms with Gasteiger partial charge in [-0.3, -0.25) is 0 Å². The maximum Gasteiger partial charge on any atom is 0.134 e. The van der Waals surface area contributed by atoms with Crippen molar-refractivity contribution < 1.29 is 4.42 Å². The van der Waals surface area contributed by atoms with E-state index in [1.54, 1.807) is 0 Å². The Morgan fingerprint density at radius 3 is 2.24 bits per heavy atom. The Morgan fingerprint density at radius 2 is 1.65 bits per heavy atom. The van der Waals surface area contributed by atoms with Gasteiger partial charge in [0.15, 0.2) is 0 Å². The van der Waals surface area contributed by atoms with E-state index in [1.165, 1.54) is 11.1 Å². The van der Waals surface area contributed by atoms with Gasteiger partial charge in [0.05, 0.1) is 11.4 Å². The van der Waals surface area contributed by atoms with Gasteiger partial charge in [0.25, 0.3) is 0 Å². The molecule has 3 nitrogen and oxygen atoms in total. The molecule has 1 aliphatic rings. The molecule has 5 rings (SSSR count). The van der Waals surface area contributed by atoms with Crippen molar-refractivity contribution in [3.05, 3.63) is 119 Å². The molecule has 4 heteroatoms. The van der Waals surface area contributed by atoms with Gasteiger partial charge < -0.3 is 10.2 Å². The second-order valence-electron chi connectivity index (χ2n) is 7.89. The minimum atomic E-state index is 0.722.